The van der Waals surface area contributed by atoms with E-state index in [1.54, 1.807) is 0 Å². The molecule has 16 heavy (non-hydrogen) atoms. The molecule has 0 amide bonds. The van der Waals surface area contributed by atoms with Crippen LogP contribution in [-0.2, 0) is 6.42 Å². The first kappa shape index (κ1) is 11.4. The van der Waals surface area contributed by atoms with Crippen LogP contribution in [0.3, 0.4) is 0 Å². The van der Waals surface area contributed by atoms with Gasteiger partial charge in [0.25, 0.3) is 0 Å². The van der Waals surface area contributed by atoms with E-state index in [2.05, 4.69) is 70.5 Å². The van der Waals surface area contributed by atoms with Crippen molar-refractivity contribution in [3.8, 4) is 11.1 Å². The van der Waals surface area contributed by atoms with Crippen molar-refractivity contribution in [3.63, 3.8) is 0 Å². The van der Waals surface area contributed by atoms with Gasteiger partial charge >= 0.3 is 0 Å². The molecule has 0 fully saturated rings. The number of benzene rings is 2. The molecule has 82 valence electrons. The molecule has 2 rings (SSSR count). The molecule has 0 aliphatic carbocycles. The van der Waals surface area contributed by atoms with Gasteiger partial charge in [0.1, 0.15) is 0 Å². The average molecular weight is 275 g/mol. The predicted molar refractivity (Wildman–Crippen MR) is 74.0 cm³/mol. The van der Waals surface area contributed by atoms with Gasteiger partial charge in [-0.1, -0.05) is 70.5 Å². The highest BCUT2D eigenvalue weighted by Crippen LogP contribution is 2.24. The van der Waals surface area contributed by atoms with Gasteiger partial charge in [-0.2, -0.15) is 0 Å². The fourth-order valence-electron chi connectivity index (χ4n) is 1.89. The van der Waals surface area contributed by atoms with E-state index in [1.807, 2.05) is 0 Å². The Bertz CT molecular complexity index is 434. The van der Waals surface area contributed by atoms with Crippen molar-refractivity contribution in [3.05, 3.63) is 60.2 Å². The van der Waals surface area contributed by atoms with Crippen LogP contribution in [0.5, 0.6) is 0 Å². The Labute approximate surface area is 105 Å². The lowest BCUT2D eigenvalue weighted by molar-refractivity contribution is 0.941. The van der Waals surface area contributed by atoms with Gasteiger partial charge in [0.15, 0.2) is 0 Å². The molecule has 0 saturated carbocycles. The molecule has 0 atom stereocenters. The number of aryl methyl sites for hydroxylation is 1. The lowest BCUT2D eigenvalue weighted by atomic mass is 9.97. The smallest absolute Gasteiger partial charge is 0.00344 e. The SMILES string of the molecule is BrCCCc1ccccc1-c1ccccc1. The van der Waals surface area contributed by atoms with Crippen molar-refractivity contribution in [1.29, 1.82) is 0 Å². The molecular formula is C15H15Br. The highest BCUT2D eigenvalue weighted by atomic mass is 79.9. The summed E-state index contributed by atoms with van der Waals surface area (Å²) in [5.41, 5.74) is 4.12. The summed E-state index contributed by atoms with van der Waals surface area (Å²) in [4.78, 5) is 0. The first-order chi connectivity index (χ1) is 7.92. The number of hydrogen-bond acceptors (Lipinski definition) is 0. The first-order valence-electron chi connectivity index (χ1n) is 5.61. The molecule has 2 aromatic carbocycles. The predicted octanol–water partition coefficient (Wildman–Crippen LogP) is 4.68. The van der Waals surface area contributed by atoms with Gasteiger partial charge in [0, 0.05) is 5.33 Å². The molecule has 0 saturated heterocycles. The summed E-state index contributed by atoms with van der Waals surface area (Å²) in [5, 5.41) is 1.07. The zero-order valence-electron chi connectivity index (χ0n) is 9.20. The molecule has 0 aliphatic heterocycles. The topological polar surface area (TPSA) is 0 Å². The second kappa shape index (κ2) is 5.86. The monoisotopic (exact) mass is 274 g/mol. The normalized spacial score (nSPS) is 10.3. The Morgan fingerprint density at radius 3 is 2.25 bits per heavy atom. The maximum absolute atomic E-state index is 3.49. The number of hydrogen-bond donors (Lipinski definition) is 0. The quantitative estimate of drug-likeness (QED) is 0.711. The Kier molecular flexibility index (Phi) is 4.17. The summed E-state index contributed by atoms with van der Waals surface area (Å²) in [6, 6.07) is 19.3. The van der Waals surface area contributed by atoms with Crippen LogP contribution < -0.4 is 0 Å². The summed E-state index contributed by atoms with van der Waals surface area (Å²) in [6.07, 6.45) is 2.32. The molecule has 2 aromatic rings. The Balaban J connectivity index is 2.33. The first-order valence-corrected chi connectivity index (χ1v) is 6.73. The molecule has 1 heteroatoms. The second-order valence-corrected chi connectivity index (χ2v) is 4.61. The van der Waals surface area contributed by atoms with E-state index in [0.717, 1.165) is 11.8 Å². The largest absolute Gasteiger partial charge is 0.0928 e. The molecule has 0 radical (unpaired) electrons. The summed E-state index contributed by atoms with van der Waals surface area (Å²) in [5.74, 6) is 0. The molecule has 0 nitrogen and oxygen atoms in total. The summed E-state index contributed by atoms with van der Waals surface area (Å²) >= 11 is 3.49. The molecule has 0 heterocycles. The van der Waals surface area contributed by atoms with Crippen LogP contribution in [-0.4, -0.2) is 5.33 Å². The average Bonchev–Trinajstić information content (AvgIpc) is 2.38. The van der Waals surface area contributed by atoms with Gasteiger partial charge in [-0.05, 0) is 29.5 Å². The van der Waals surface area contributed by atoms with Crippen LogP contribution in [0.2, 0.25) is 0 Å². The van der Waals surface area contributed by atoms with E-state index in [4.69, 9.17) is 0 Å². The summed E-state index contributed by atoms with van der Waals surface area (Å²) < 4.78 is 0. The van der Waals surface area contributed by atoms with Crippen molar-refractivity contribution >= 4 is 15.9 Å². The van der Waals surface area contributed by atoms with Crippen molar-refractivity contribution in [1.82, 2.24) is 0 Å². The van der Waals surface area contributed by atoms with E-state index < -0.39 is 0 Å². The summed E-state index contributed by atoms with van der Waals surface area (Å²) in [6.45, 7) is 0. The van der Waals surface area contributed by atoms with Gasteiger partial charge in [-0.25, -0.2) is 0 Å². The van der Waals surface area contributed by atoms with Gasteiger partial charge in [0.05, 0.1) is 0 Å². The van der Waals surface area contributed by atoms with Gasteiger partial charge in [-0.15, -0.1) is 0 Å². The lowest BCUT2D eigenvalue weighted by Crippen LogP contribution is -1.90. The van der Waals surface area contributed by atoms with Gasteiger partial charge < -0.3 is 0 Å². The van der Waals surface area contributed by atoms with E-state index in [-0.39, 0.29) is 0 Å². The van der Waals surface area contributed by atoms with Crippen molar-refractivity contribution in [2.24, 2.45) is 0 Å². The molecule has 0 N–H and O–H groups in total. The van der Waals surface area contributed by atoms with E-state index >= 15 is 0 Å². The van der Waals surface area contributed by atoms with E-state index in [0.29, 0.717) is 0 Å². The lowest BCUT2D eigenvalue weighted by Gasteiger charge is -2.08. The van der Waals surface area contributed by atoms with Gasteiger partial charge in [0.2, 0.25) is 0 Å². The number of rotatable bonds is 4. The van der Waals surface area contributed by atoms with Crippen LogP contribution >= 0.6 is 15.9 Å². The van der Waals surface area contributed by atoms with Crippen molar-refractivity contribution < 1.29 is 0 Å². The molecule has 0 unspecified atom stereocenters. The van der Waals surface area contributed by atoms with Crippen molar-refractivity contribution in [2.75, 3.05) is 5.33 Å². The maximum Gasteiger partial charge on any atom is 0.00344 e. The van der Waals surface area contributed by atoms with E-state index in [9.17, 15) is 0 Å². The maximum atomic E-state index is 3.49. The fourth-order valence-corrected chi connectivity index (χ4v) is 2.18. The minimum absolute atomic E-state index is 1.07. The van der Waals surface area contributed by atoms with Crippen LogP contribution in [0, 0.1) is 0 Å². The molecule has 0 spiro atoms. The second-order valence-electron chi connectivity index (χ2n) is 3.82. The van der Waals surface area contributed by atoms with Crippen LogP contribution in [0.1, 0.15) is 12.0 Å². The third kappa shape index (κ3) is 2.73. The zero-order valence-corrected chi connectivity index (χ0v) is 10.8. The third-order valence-electron chi connectivity index (χ3n) is 2.68. The molecule has 0 aliphatic rings. The van der Waals surface area contributed by atoms with Crippen molar-refractivity contribution in [2.45, 2.75) is 12.8 Å². The summed E-state index contributed by atoms with van der Waals surface area (Å²) in [7, 11) is 0. The molecule has 0 bridgehead atoms. The highest BCUT2D eigenvalue weighted by Gasteiger charge is 2.02. The Morgan fingerprint density at radius 2 is 1.50 bits per heavy atom. The van der Waals surface area contributed by atoms with Crippen LogP contribution in [0.25, 0.3) is 11.1 Å². The number of alkyl halides is 1. The fraction of sp³-hybridized carbons (Fsp3) is 0.200. The minimum Gasteiger partial charge on any atom is -0.0928 e. The van der Waals surface area contributed by atoms with E-state index in [1.165, 1.54) is 23.1 Å². The molecular weight excluding hydrogens is 260 g/mol. The third-order valence-corrected chi connectivity index (χ3v) is 3.24. The highest BCUT2D eigenvalue weighted by molar-refractivity contribution is 9.09. The number of halogens is 1. The Hall–Kier alpha value is -1.08. The minimum atomic E-state index is 1.07. The van der Waals surface area contributed by atoms with Gasteiger partial charge in [-0.3, -0.25) is 0 Å². The zero-order chi connectivity index (χ0) is 11.2. The standard InChI is InChI=1S/C15H15Br/c16-12-6-10-14-9-4-5-11-15(14)13-7-2-1-3-8-13/h1-5,7-9,11H,6,10,12H2. The van der Waals surface area contributed by atoms with Crippen LogP contribution in [0.4, 0.5) is 0 Å². The molecule has 0 aromatic heterocycles. The Morgan fingerprint density at radius 1 is 0.812 bits per heavy atom. The van der Waals surface area contributed by atoms with Crippen LogP contribution in [0.15, 0.2) is 54.6 Å².